The second kappa shape index (κ2) is 5.63. The van der Waals surface area contributed by atoms with E-state index in [9.17, 15) is 0 Å². The summed E-state index contributed by atoms with van der Waals surface area (Å²) in [4.78, 5) is 19.9. The van der Waals surface area contributed by atoms with Gasteiger partial charge in [-0.15, -0.1) is 0 Å². The Morgan fingerprint density at radius 1 is 1.24 bits per heavy atom. The van der Waals surface area contributed by atoms with Gasteiger partial charge in [-0.3, -0.25) is 0 Å². The molecule has 0 spiro atoms. The molecule has 0 radical (unpaired) electrons. The molecule has 0 N–H and O–H groups in total. The Kier molecular flexibility index (Phi) is 3.68. The van der Waals surface area contributed by atoms with Crippen molar-refractivity contribution in [1.29, 1.82) is 0 Å². The number of aromatic nitrogens is 4. The topological polar surface area (TPSA) is 64.0 Å². The molecular weight excluding hydrogens is 266 g/mol. The van der Waals surface area contributed by atoms with E-state index in [1.165, 1.54) is 0 Å². The van der Waals surface area contributed by atoms with Crippen molar-refractivity contribution in [2.24, 2.45) is 5.92 Å². The first kappa shape index (κ1) is 13.7. The van der Waals surface area contributed by atoms with E-state index in [0.717, 1.165) is 36.6 Å². The third kappa shape index (κ3) is 2.94. The molecule has 0 atom stereocenters. The van der Waals surface area contributed by atoms with Crippen molar-refractivity contribution in [3.63, 3.8) is 0 Å². The summed E-state index contributed by atoms with van der Waals surface area (Å²) in [6.45, 7) is 5.81. The predicted molar refractivity (Wildman–Crippen MR) is 79.0 cm³/mol. The van der Waals surface area contributed by atoms with E-state index in [0.29, 0.717) is 17.7 Å². The van der Waals surface area contributed by atoms with Crippen LogP contribution in [0.5, 0.6) is 5.88 Å². The molecule has 0 fully saturated rings. The molecule has 0 unspecified atom stereocenters. The van der Waals surface area contributed by atoms with Crippen molar-refractivity contribution < 1.29 is 4.74 Å². The number of fused-ring (bicyclic) bond motifs is 1. The molecule has 2 aromatic rings. The summed E-state index contributed by atoms with van der Waals surface area (Å²) >= 11 is 0. The van der Waals surface area contributed by atoms with Crippen LogP contribution in [0.2, 0.25) is 0 Å². The van der Waals surface area contributed by atoms with Gasteiger partial charge in [-0.25, -0.2) is 15.0 Å². The molecular formula is C15H19N5O. The minimum atomic E-state index is 0.558. The van der Waals surface area contributed by atoms with Crippen LogP contribution in [0.25, 0.3) is 0 Å². The SMILES string of the molecule is COc1ccnc(N2Cc3cnc(CC(C)C)nc3C2)n1. The number of anilines is 1. The van der Waals surface area contributed by atoms with Gasteiger partial charge in [-0.05, 0) is 5.92 Å². The van der Waals surface area contributed by atoms with Gasteiger partial charge >= 0.3 is 0 Å². The van der Waals surface area contributed by atoms with Crippen molar-refractivity contribution >= 4 is 5.95 Å². The van der Waals surface area contributed by atoms with E-state index < -0.39 is 0 Å². The van der Waals surface area contributed by atoms with Gasteiger partial charge in [0, 0.05) is 37.0 Å². The number of ether oxygens (including phenoxy) is 1. The monoisotopic (exact) mass is 285 g/mol. The van der Waals surface area contributed by atoms with Gasteiger partial charge in [-0.2, -0.15) is 4.98 Å². The Bertz CT molecular complexity index is 644. The van der Waals surface area contributed by atoms with Crippen LogP contribution in [0.1, 0.15) is 30.9 Å². The second-order valence-electron chi connectivity index (χ2n) is 5.61. The molecule has 3 heterocycles. The molecule has 1 aliphatic heterocycles. The lowest BCUT2D eigenvalue weighted by Crippen LogP contribution is -2.17. The maximum absolute atomic E-state index is 5.15. The van der Waals surface area contributed by atoms with Gasteiger partial charge in [0.05, 0.1) is 19.3 Å². The first-order chi connectivity index (χ1) is 10.2. The van der Waals surface area contributed by atoms with Crippen LogP contribution in [0.3, 0.4) is 0 Å². The zero-order valence-corrected chi connectivity index (χ0v) is 12.6. The third-order valence-corrected chi connectivity index (χ3v) is 3.41. The second-order valence-corrected chi connectivity index (χ2v) is 5.61. The Morgan fingerprint density at radius 2 is 2.10 bits per heavy atom. The zero-order valence-electron chi connectivity index (χ0n) is 12.6. The van der Waals surface area contributed by atoms with Crippen molar-refractivity contribution in [2.45, 2.75) is 33.4 Å². The highest BCUT2D eigenvalue weighted by Crippen LogP contribution is 2.25. The van der Waals surface area contributed by atoms with Gasteiger partial charge in [0.25, 0.3) is 0 Å². The molecule has 3 rings (SSSR count). The number of nitrogens with zero attached hydrogens (tertiary/aromatic N) is 5. The molecule has 6 nitrogen and oxygen atoms in total. The smallest absolute Gasteiger partial charge is 0.229 e. The number of rotatable bonds is 4. The average molecular weight is 285 g/mol. The maximum Gasteiger partial charge on any atom is 0.229 e. The van der Waals surface area contributed by atoms with E-state index in [1.54, 1.807) is 19.4 Å². The van der Waals surface area contributed by atoms with Crippen molar-refractivity contribution in [3.8, 4) is 5.88 Å². The summed E-state index contributed by atoms with van der Waals surface area (Å²) in [5, 5.41) is 0. The lowest BCUT2D eigenvalue weighted by molar-refractivity contribution is 0.396. The fourth-order valence-electron chi connectivity index (χ4n) is 2.40. The highest BCUT2D eigenvalue weighted by Gasteiger charge is 2.23. The molecule has 0 aromatic carbocycles. The summed E-state index contributed by atoms with van der Waals surface area (Å²) in [6, 6.07) is 1.74. The van der Waals surface area contributed by atoms with Crippen molar-refractivity contribution in [3.05, 3.63) is 35.5 Å². The average Bonchev–Trinajstić information content (AvgIpc) is 2.90. The molecule has 1 aliphatic rings. The van der Waals surface area contributed by atoms with Gasteiger partial charge in [0.2, 0.25) is 11.8 Å². The van der Waals surface area contributed by atoms with E-state index in [2.05, 4.69) is 38.7 Å². The Morgan fingerprint density at radius 3 is 2.86 bits per heavy atom. The van der Waals surface area contributed by atoms with Crippen LogP contribution < -0.4 is 9.64 Å². The summed E-state index contributed by atoms with van der Waals surface area (Å²) in [7, 11) is 1.61. The number of hydrogen-bond donors (Lipinski definition) is 0. The highest BCUT2D eigenvalue weighted by atomic mass is 16.5. The molecule has 2 aromatic heterocycles. The highest BCUT2D eigenvalue weighted by molar-refractivity contribution is 5.40. The zero-order chi connectivity index (χ0) is 14.8. The van der Waals surface area contributed by atoms with Crippen LogP contribution >= 0.6 is 0 Å². The summed E-state index contributed by atoms with van der Waals surface area (Å²) in [5.74, 6) is 2.71. The minimum Gasteiger partial charge on any atom is -0.481 e. The quantitative estimate of drug-likeness (QED) is 0.856. The summed E-state index contributed by atoms with van der Waals surface area (Å²) in [5.41, 5.74) is 2.22. The first-order valence-electron chi connectivity index (χ1n) is 7.11. The summed E-state index contributed by atoms with van der Waals surface area (Å²) < 4.78 is 5.15. The Balaban J connectivity index is 1.80. The van der Waals surface area contributed by atoms with Gasteiger partial charge in [-0.1, -0.05) is 13.8 Å². The lowest BCUT2D eigenvalue weighted by atomic mass is 10.1. The molecule has 110 valence electrons. The van der Waals surface area contributed by atoms with Crippen LogP contribution in [0.4, 0.5) is 5.95 Å². The predicted octanol–water partition coefficient (Wildman–Crippen LogP) is 1.99. The third-order valence-electron chi connectivity index (χ3n) is 3.41. The standard InChI is InChI=1S/C15H19N5O/c1-10(2)6-13-17-7-11-8-20(9-12(11)18-13)15-16-5-4-14(19-15)21-3/h4-5,7,10H,6,8-9H2,1-3H3. The molecule has 0 bridgehead atoms. The molecule has 0 amide bonds. The van der Waals surface area contributed by atoms with Crippen LogP contribution in [0.15, 0.2) is 18.5 Å². The maximum atomic E-state index is 5.15. The van der Waals surface area contributed by atoms with E-state index in [1.807, 2.05) is 6.20 Å². The fourth-order valence-corrected chi connectivity index (χ4v) is 2.40. The molecule has 0 aliphatic carbocycles. The van der Waals surface area contributed by atoms with Crippen LogP contribution in [-0.2, 0) is 19.5 Å². The van der Waals surface area contributed by atoms with Crippen LogP contribution in [0, 0.1) is 5.92 Å². The minimum absolute atomic E-state index is 0.558. The molecule has 0 saturated heterocycles. The van der Waals surface area contributed by atoms with Crippen LogP contribution in [-0.4, -0.2) is 27.0 Å². The van der Waals surface area contributed by atoms with E-state index in [4.69, 9.17) is 4.74 Å². The normalized spacial score (nSPS) is 13.6. The lowest BCUT2D eigenvalue weighted by Gasteiger charge is -2.14. The number of methoxy groups -OCH3 is 1. The van der Waals surface area contributed by atoms with Gasteiger partial charge < -0.3 is 9.64 Å². The summed E-state index contributed by atoms with van der Waals surface area (Å²) in [6.07, 6.45) is 4.54. The first-order valence-corrected chi connectivity index (χ1v) is 7.11. The largest absolute Gasteiger partial charge is 0.481 e. The van der Waals surface area contributed by atoms with Crippen molar-refractivity contribution in [2.75, 3.05) is 12.0 Å². The Labute approximate surface area is 124 Å². The van der Waals surface area contributed by atoms with Gasteiger partial charge in [0.15, 0.2) is 0 Å². The number of hydrogen-bond acceptors (Lipinski definition) is 6. The van der Waals surface area contributed by atoms with E-state index in [-0.39, 0.29) is 0 Å². The van der Waals surface area contributed by atoms with E-state index >= 15 is 0 Å². The molecule has 6 heteroatoms. The van der Waals surface area contributed by atoms with Gasteiger partial charge in [0.1, 0.15) is 5.82 Å². The Hall–Kier alpha value is -2.24. The molecule has 0 saturated carbocycles. The fraction of sp³-hybridized carbons (Fsp3) is 0.467. The van der Waals surface area contributed by atoms with Crippen molar-refractivity contribution in [1.82, 2.24) is 19.9 Å². The molecule has 21 heavy (non-hydrogen) atoms.